The quantitative estimate of drug-likeness (QED) is 0.188. The van der Waals surface area contributed by atoms with Crippen LogP contribution in [0.2, 0.25) is 0 Å². The molecule has 118 valence electrons. The van der Waals surface area contributed by atoms with Crippen molar-refractivity contribution in [3.8, 4) is 0 Å². The molecule has 1 rings (SSSR count). The monoisotopic (exact) mass is 307 g/mol. The van der Waals surface area contributed by atoms with E-state index >= 15 is 0 Å². The molecule has 0 aliphatic carbocycles. The molecular weight excluding hydrogens is 290 g/mol. The summed E-state index contributed by atoms with van der Waals surface area (Å²) in [7, 11) is 0. The predicted octanol–water partition coefficient (Wildman–Crippen LogP) is 2.19. The van der Waals surface area contributed by atoms with Gasteiger partial charge in [-0.3, -0.25) is 0 Å². The van der Waals surface area contributed by atoms with Crippen molar-refractivity contribution in [2.75, 3.05) is 13.1 Å². The van der Waals surface area contributed by atoms with Gasteiger partial charge in [-0.05, 0) is 43.1 Å². The molecule has 0 fully saturated rings. The zero-order valence-electron chi connectivity index (χ0n) is 11.4. The van der Waals surface area contributed by atoms with Gasteiger partial charge < -0.3 is 16.3 Å². The molecule has 21 heavy (non-hydrogen) atoms. The topological polar surface area (TPSA) is 70.6 Å². The van der Waals surface area contributed by atoms with Crippen LogP contribution < -0.4 is 11.1 Å². The van der Waals surface area contributed by atoms with Gasteiger partial charge in [-0.1, -0.05) is 11.2 Å². The first-order valence-corrected chi connectivity index (χ1v) is 6.25. The summed E-state index contributed by atoms with van der Waals surface area (Å²) in [5, 5.41) is 13.4. The first-order chi connectivity index (χ1) is 9.75. The number of alkyl halides is 3. The Balaban J connectivity index is 2.52. The second-order valence-electron chi connectivity index (χ2n) is 4.64. The van der Waals surface area contributed by atoms with Gasteiger partial charge in [0.2, 0.25) is 0 Å². The smallest absolute Gasteiger partial charge is 0.400 e. The van der Waals surface area contributed by atoms with Gasteiger partial charge in [-0.2, -0.15) is 13.2 Å². The Kier molecular flexibility index (Phi) is 5.95. The maximum absolute atomic E-state index is 12.9. The largest absolute Gasteiger partial charge is 0.409 e. The standard InChI is InChI=1S/C13H17F4N3O/c1-8-6-10(14)3-2-9(8)4-5-19-7-11(12(18)20-21)13(15,16)17/h2-3,6,11,19,21H,4-5,7H2,1H3,(H2,18,20). The van der Waals surface area contributed by atoms with Crippen LogP contribution in [0.5, 0.6) is 0 Å². The number of halogens is 4. The number of amidine groups is 1. The Labute approximate surface area is 119 Å². The second kappa shape index (κ2) is 7.26. The van der Waals surface area contributed by atoms with Crippen molar-refractivity contribution in [2.24, 2.45) is 16.8 Å². The molecule has 0 heterocycles. The Morgan fingerprint density at radius 3 is 2.62 bits per heavy atom. The molecule has 0 saturated heterocycles. The molecule has 0 radical (unpaired) electrons. The van der Waals surface area contributed by atoms with E-state index in [4.69, 9.17) is 10.9 Å². The third-order valence-corrected chi connectivity index (χ3v) is 3.09. The number of aryl methyl sites for hydroxylation is 1. The fraction of sp³-hybridized carbons (Fsp3) is 0.462. The van der Waals surface area contributed by atoms with Gasteiger partial charge in [-0.15, -0.1) is 0 Å². The van der Waals surface area contributed by atoms with E-state index < -0.39 is 24.5 Å². The Morgan fingerprint density at radius 2 is 2.10 bits per heavy atom. The Bertz CT molecular complexity index is 503. The molecule has 0 aliphatic heterocycles. The summed E-state index contributed by atoms with van der Waals surface area (Å²) in [6.45, 7) is 1.50. The van der Waals surface area contributed by atoms with E-state index in [2.05, 4.69) is 10.5 Å². The SMILES string of the molecule is Cc1cc(F)ccc1CCNCC(/C(N)=N/O)C(F)(F)F. The molecule has 0 amide bonds. The minimum absolute atomic E-state index is 0.262. The van der Waals surface area contributed by atoms with Crippen molar-refractivity contribution in [2.45, 2.75) is 19.5 Å². The highest BCUT2D eigenvalue weighted by molar-refractivity contribution is 5.83. The van der Waals surface area contributed by atoms with Crippen molar-refractivity contribution in [1.82, 2.24) is 5.32 Å². The third kappa shape index (κ3) is 5.22. The van der Waals surface area contributed by atoms with E-state index in [0.29, 0.717) is 6.42 Å². The molecule has 8 heteroatoms. The van der Waals surface area contributed by atoms with Crippen LogP contribution in [0.15, 0.2) is 23.4 Å². The van der Waals surface area contributed by atoms with Gasteiger partial charge in [0.05, 0.1) is 0 Å². The van der Waals surface area contributed by atoms with E-state index in [9.17, 15) is 17.6 Å². The number of nitrogens with two attached hydrogens (primary N) is 1. The van der Waals surface area contributed by atoms with Crippen LogP contribution in [-0.2, 0) is 6.42 Å². The first-order valence-electron chi connectivity index (χ1n) is 6.25. The molecule has 0 aromatic heterocycles. The molecule has 0 bridgehead atoms. The lowest BCUT2D eigenvalue weighted by atomic mass is 10.1. The molecular formula is C13H17F4N3O. The van der Waals surface area contributed by atoms with Crippen molar-refractivity contribution >= 4 is 5.84 Å². The zero-order chi connectivity index (χ0) is 16.0. The lowest BCUT2D eigenvalue weighted by molar-refractivity contribution is -0.154. The van der Waals surface area contributed by atoms with Gasteiger partial charge in [-0.25, -0.2) is 4.39 Å². The van der Waals surface area contributed by atoms with Gasteiger partial charge in [0, 0.05) is 6.54 Å². The predicted molar refractivity (Wildman–Crippen MR) is 70.7 cm³/mol. The van der Waals surface area contributed by atoms with Gasteiger partial charge in [0.1, 0.15) is 11.7 Å². The summed E-state index contributed by atoms with van der Waals surface area (Å²) < 4.78 is 50.9. The van der Waals surface area contributed by atoms with E-state index in [1.807, 2.05) is 0 Å². The summed E-state index contributed by atoms with van der Waals surface area (Å²) in [5.41, 5.74) is 6.62. The zero-order valence-corrected chi connectivity index (χ0v) is 11.4. The molecule has 1 atom stereocenters. The number of hydrogen-bond acceptors (Lipinski definition) is 3. The molecule has 4 nitrogen and oxygen atoms in total. The molecule has 1 aromatic carbocycles. The Hall–Kier alpha value is -1.83. The van der Waals surface area contributed by atoms with Crippen LogP contribution in [0, 0.1) is 18.7 Å². The summed E-state index contributed by atoms with van der Waals surface area (Å²) in [4.78, 5) is 0. The van der Waals surface area contributed by atoms with Crippen LogP contribution in [-0.4, -0.2) is 30.3 Å². The maximum atomic E-state index is 12.9. The highest BCUT2D eigenvalue weighted by atomic mass is 19.4. The number of nitrogens with zero attached hydrogens (tertiary/aromatic N) is 1. The van der Waals surface area contributed by atoms with Crippen LogP contribution in [0.4, 0.5) is 17.6 Å². The van der Waals surface area contributed by atoms with Crippen LogP contribution in [0.25, 0.3) is 0 Å². The van der Waals surface area contributed by atoms with Crippen LogP contribution in [0.3, 0.4) is 0 Å². The normalized spacial score (nSPS) is 14.2. The maximum Gasteiger partial charge on any atom is 0.400 e. The van der Waals surface area contributed by atoms with Crippen LogP contribution in [0.1, 0.15) is 11.1 Å². The van der Waals surface area contributed by atoms with E-state index in [1.165, 1.54) is 12.1 Å². The average molecular weight is 307 g/mol. The summed E-state index contributed by atoms with van der Waals surface area (Å²) in [6.07, 6.45) is -4.14. The van der Waals surface area contributed by atoms with Crippen molar-refractivity contribution < 1.29 is 22.8 Å². The number of nitrogens with one attached hydrogen (secondary N) is 1. The summed E-state index contributed by atoms with van der Waals surface area (Å²) in [5.74, 6) is -3.28. The van der Waals surface area contributed by atoms with Crippen LogP contribution >= 0.6 is 0 Å². The number of oxime groups is 1. The van der Waals surface area contributed by atoms with E-state index in [1.54, 1.807) is 13.0 Å². The summed E-state index contributed by atoms with van der Waals surface area (Å²) in [6, 6.07) is 4.26. The molecule has 4 N–H and O–H groups in total. The van der Waals surface area contributed by atoms with Gasteiger partial charge >= 0.3 is 6.18 Å². The second-order valence-corrected chi connectivity index (χ2v) is 4.64. The highest BCUT2D eigenvalue weighted by Crippen LogP contribution is 2.25. The van der Waals surface area contributed by atoms with Crippen molar-refractivity contribution in [3.05, 3.63) is 35.1 Å². The van der Waals surface area contributed by atoms with E-state index in [-0.39, 0.29) is 12.4 Å². The molecule has 0 aliphatic rings. The van der Waals surface area contributed by atoms with Crippen molar-refractivity contribution in [3.63, 3.8) is 0 Å². The number of benzene rings is 1. The average Bonchev–Trinajstić information content (AvgIpc) is 2.38. The molecule has 1 unspecified atom stereocenters. The lowest BCUT2D eigenvalue weighted by Crippen LogP contribution is -2.43. The first kappa shape index (κ1) is 17.2. The molecule has 1 aromatic rings. The summed E-state index contributed by atoms with van der Waals surface area (Å²) >= 11 is 0. The van der Waals surface area contributed by atoms with Gasteiger partial charge in [0.25, 0.3) is 0 Å². The highest BCUT2D eigenvalue weighted by Gasteiger charge is 2.42. The minimum Gasteiger partial charge on any atom is -0.409 e. The fourth-order valence-corrected chi connectivity index (χ4v) is 1.87. The van der Waals surface area contributed by atoms with Crippen molar-refractivity contribution in [1.29, 1.82) is 0 Å². The molecule has 0 spiro atoms. The van der Waals surface area contributed by atoms with Gasteiger partial charge in [0.15, 0.2) is 5.84 Å². The molecule has 0 saturated carbocycles. The lowest BCUT2D eigenvalue weighted by Gasteiger charge is -2.19. The number of rotatable bonds is 6. The number of hydrogen-bond donors (Lipinski definition) is 3. The minimum atomic E-state index is -4.59. The fourth-order valence-electron chi connectivity index (χ4n) is 1.87. The van der Waals surface area contributed by atoms with E-state index in [0.717, 1.165) is 11.1 Å². The Morgan fingerprint density at radius 1 is 1.43 bits per heavy atom. The third-order valence-electron chi connectivity index (χ3n) is 3.09.